The summed E-state index contributed by atoms with van der Waals surface area (Å²) in [6.45, 7) is 13.0. The zero-order valence-corrected chi connectivity index (χ0v) is 8.80. The van der Waals surface area contributed by atoms with Crippen molar-refractivity contribution >= 4 is 0 Å². The van der Waals surface area contributed by atoms with Crippen molar-refractivity contribution < 1.29 is 0 Å². The molecule has 0 aromatic heterocycles. The van der Waals surface area contributed by atoms with E-state index in [1.807, 2.05) is 13.8 Å². The van der Waals surface area contributed by atoms with Crippen molar-refractivity contribution in [1.29, 1.82) is 0 Å². The van der Waals surface area contributed by atoms with E-state index in [2.05, 4.69) is 13.2 Å². The maximum atomic E-state index is 5.56. The maximum absolute atomic E-state index is 5.56. The third-order valence-electron chi connectivity index (χ3n) is 1.34. The highest BCUT2D eigenvalue weighted by molar-refractivity contribution is 5.46. The summed E-state index contributed by atoms with van der Waals surface area (Å²) in [5, 5.41) is 0. The minimum atomic E-state index is 0.691. The number of allylic oxidation sites excluding steroid dienone is 5. The van der Waals surface area contributed by atoms with Crippen LogP contribution in [0.1, 0.15) is 20.8 Å². The topological polar surface area (TPSA) is 52.0 Å². The molecule has 4 N–H and O–H groups in total. The Bertz CT molecular complexity index is 218. The third-order valence-corrected chi connectivity index (χ3v) is 1.34. The fourth-order valence-corrected chi connectivity index (χ4v) is 0.774. The molecule has 0 aromatic rings. The van der Waals surface area contributed by atoms with Crippen LogP contribution >= 0.6 is 0 Å². The Morgan fingerprint density at radius 2 is 1.62 bits per heavy atom. The Hall–Kier alpha value is -1.44. The van der Waals surface area contributed by atoms with Gasteiger partial charge in [0.1, 0.15) is 0 Å². The van der Waals surface area contributed by atoms with E-state index in [0.717, 1.165) is 11.1 Å². The molecule has 0 unspecified atom stereocenters. The molecule has 0 aliphatic heterocycles. The average molecular weight is 180 g/mol. The number of nitrogens with two attached hydrogens (primary N) is 2. The number of hydrogen-bond acceptors (Lipinski definition) is 2. The smallest absolute Gasteiger partial charge is 0.0129 e. The van der Waals surface area contributed by atoms with Crippen molar-refractivity contribution in [2.24, 2.45) is 11.5 Å². The lowest BCUT2D eigenvalue weighted by atomic mass is 10.1. The summed E-state index contributed by atoms with van der Waals surface area (Å²) >= 11 is 0. The second-order valence-corrected chi connectivity index (χ2v) is 2.13. The molecule has 0 aliphatic rings. The van der Waals surface area contributed by atoms with Gasteiger partial charge in [-0.3, -0.25) is 0 Å². The molecule has 0 amide bonds. The molecule has 0 fully saturated rings. The van der Waals surface area contributed by atoms with E-state index in [0.29, 0.717) is 5.70 Å². The lowest BCUT2D eigenvalue weighted by Crippen LogP contribution is -1.99. The van der Waals surface area contributed by atoms with Gasteiger partial charge in [0.05, 0.1) is 0 Å². The van der Waals surface area contributed by atoms with E-state index in [9.17, 15) is 0 Å². The first-order valence-electron chi connectivity index (χ1n) is 4.30. The van der Waals surface area contributed by atoms with Gasteiger partial charge in [0.2, 0.25) is 0 Å². The van der Waals surface area contributed by atoms with E-state index in [1.54, 1.807) is 19.1 Å². The molecule has 0 spiro atoms. The predicted octanol–water partition coefficient (Wildman–Crippen LogP) is 2.46. The summed E-state index contributed by atoms with van der Waals surface area (Å²) in [6, 6.07) is 0. The van der Waals surface area contributed by atoms with Crippen LogP contribution < -0.4 is 11.5 Å². The van der Waals surface area contributed by atoms with Gasteiger partial charge in [0.15, 0.2) is 0 Å². The summed E-state index contributed by atoms with van der Waals surface area (Å²) < 4.78 is 0. The summed E-state index contributed by atoms with van der Waals surface area (Å²) in [7, 11) is 0. The van der Waals surface area contributed by atoms with Crippen LogP contribution in [0.3, 0.4) is 0 Å². The zero-order chi connectivity index (χ0) is 10.9. The highest BCUT2D eigenvalue weighted by Gasteiger charge is 1.97. The molecule has 13 heavy (non-hydrogen) atoms. The monoisotopic (exact) mass is 180 g/mol. The quantitative estimate of drug-likeness (QED) is 0.655. The molecule has 0 saturated heterocycles. The maximum Gasteiger partial charge on any atom is 0.0129 e. The van der Waals surface area contributed by atoms with Crippen molar-refractivity contribution in [2.45, 2.75) is 20.8 Å². The summed E-state index contributed by atoms with van der Waals surface area (Å²) in [6.07, 6.45) is 4.77. The first kappa shape index (κ1) is 14.1. The molecule has 0 atom stereocenters. The molecule has 2 heteroatoms. The average Bonchev–Trinajstić information content (AvgIpc) is 2.16. The molecular weight excluding hydrogens is 160 g/mol. The Morgan fingerprint density at radius 3 is 1.69 bits per heavy atom. The van der Waals surface area contributed by atoms with Gasteiger partial charge >= 0.3 is 0 Å². The summed E-state index contributed by atoms with van der Waals surface area (Å²) in [5.74, 6) is 0. The zero-order valence-electron chi connectivity index (χ0n) is 8.80. The molecule has 0 saturated carbocycles. The highest BCUT2D eigenvalue weighted by Crippen LogP contribution is 2.12. The van der Waals surface area contributed by atoms with Crippen LogP contribution in [0.5, 0.6) is 0 Å². The second kappa shape index (κ2) is 8.65. The van der Waals surface area contributed by atoms with Crippen LogP contribution in [0, 0.1) is 0 Å². The van der Waals surface area contributed by atoms with Crippen LogP contribution in [-0.4, -0.2) is 0 Å². The molecule has 0 bridgehead atoms. The molecule has 0 aliphatic carbocycles. The van der Waals surface area contributed by atoms with Gasteiger partial charge in [-0.1, -0.05) is 39.2 Å². The van der Waals surface area contributed by atoms with E-state index in [4.69, 9.17) is 11.5 Å². The number of rotatable bonds is 3. The second-order valence-electron chi connectivity index (χ2n) is 2.13. The van der Waals surface area contributed by atoms with Crippen molar-refractivity contribution in [3.63, 3.8) is 0 Å². The standard InChI is InChI=1S/C9H14N2.C2H6/c1-4-8(6-10)9(5-2)7(3)11;1-2/h4-6H,1-2,10-11H2,3H3;1-2H3/b8-6-,9-7-;. The molecule has 0 rings (SSSR count). The lowest BCUT2D eigenvalue weighted by molar-refractivity contribution is 1.25. The normalized spacial score (nSPS) is 12.1. The fourth-order valence-electron chi connectivity index (χ4n) is 0.774. The van der Waals surface area contributed by atoms with Crippen LogP contribution in [0.4, 0.5) is 0 Å². The predicted molar refractivity (Wildman–Crippen MR) is 60.9 cm³/mol. The van der Waals surface area contributed by atoms with Crippen LogP contribution in [0.15, 0.2) is 48.4 Å². The van der Waals surface area contributed by atoms with E-state index in [1.165, 1.54) is 6.20 Å². The molecular formula is C11H20N2. The largest absolute Gasteiger partial charge is 0.404 e. The van der Waals surface area contributed by atoms with Crippen LogP contribution in [0.2, 0.25) is 0 Å². The summed E-state index contributed by atoms with van der Waals surface area (Å²) in [4.78, 5) is 0. The Morgan fingerprint density at radius 1 is 1.15 bits per heavy atom. The number of hydrogen-bond donors (Lipinski definition) is 2. The van der Waals surface area contributed by atoms with Gasteiger partial charge in [-0.05, 0) is 12.5 Å². The third kappa shape index (κ3) is 4.90. The minimum Gasteiger partial charge on any atom is -0.404 e. The van der Waals surface area contributed by atoms with Crippen molar-refractivity contribution in [3.05, 3.63) is 48.4 Å². The fraction of sp³-hybridized carbons (Fsp3) is 0.273. The molecule has 0 heterocycles. The molecule has 2 nitrogen and oxygen atoms in total. The first-order chi connectivity index (χ1) is 6.17. The van der Waals surface area contributed by atoms with Crippen LogP contribution in [-0.2, 0) is 0 Å². The van der Waals surface area contributed by atoms with E-state index >= 15 is 0 Å². The Labute approximate surface area is 81.3 Å². The van der Waals surface area contributed by atoms with Gasteiger partial charge in [-0.25, -0.2) is 0 Å². The summed E-state index contributed by atoms with van der Waals surface area (Å²) in [5.41, 5.74) is 13.2. The molecule has 0 radical (unpaired) electrons. The van der Waals surface area contributed by atoms with E-state index in [-0.39, 0.29) is 0 Å². The lowest BCUT2D eigenvalue weighted by Gasteiger charge is -2.03. The Balaban J connectivity index is 0. The van der Waals surface area contributed by atoms with Crippen molar-refractivity contribution in [2.75, 3.05) is 0 Å². The van der Waals surface area contributed by atoms with E-state index < -0.39 is 0 Å². The van der Waals surface area contributed by atoms with Crippen molar-refractivity contribution in [1.82, 2.24) is 0 Å². The van der Waals surface area contributed by atoms with Crippen molar-refractivity contribution in [3.8, 4) is 0 Å². The minimum absolute atomic E-state index is 0.691. The SMILES string of the molecule is C=CC(=C/N)/C(C=C)=C(/C)N.CC. The van der Waals surface area contributed by atoms with Gasteiger partial charge < -0.3 is 11.5 Å². The molecule has 0 aromatic carbocycles. The first-order valence-corrected chi connectivity index (χ1v) is 4.30. The van der Waals surface area contributed by atoms with Gasteiger partial charge in [-0.2, -0.15) is 0 Å². The van der Waals surface area contributed by atoms with Gasteiger partial charge in [0.25, 0.3) is 0 Å². The van der Waals surface area contributed by atoms with Gasteiger partial charge in [0, 0.05) is 17.5 Å². The Kier molecular flexibility index (Phi) is 9.39. The van der Waals surface area contributed by atoms with Crippen LogP contribution in [0.25, 0.3) is 0 Å². The molecule has 74 valence electrons. The van der Waals surface area contributed by atoms with Gasteiger partial charge in [-0.15, -0.1) is 0 Å². The highest BCUT2D eigenvalue weighted by atomic mass is 14.6.